The van der Waals surface area contributed by atoms with E-state index in [0.29, 0.717) is 12.2 Å². The number of ether oxygens (including phenoxy) is 2. The molecule has 0 fully saturated rings. The Bertz CT molecular complexity index is 384. The molecule has 1 atom stereocenters. The standard InChI is InChI=1S/C13H17NO2/c1-9-5-12(7-14)6-10(2)13(9)16-11(3)8-15-4/h5-6,11H,8H2,1-4H3. The molecule has 0 radical (unpaired) electrons. The summed E-state index contributed by atoms with van der Waals surface area (Å²) in [5, 5.41) is 8.83. The minimum absolute atomic E-state index is 0.00957. The van der Waals surface area contributed by atoms with Crippen molar-refractivity contribution in [2.75, 3.05) is 13.7 Å². The Kier molecular flexibility index (Phi) is 4.33. The van der Waals surface area contributed by atoms with Crippen LogP contribution in [-0.4, -0.2) is 19.8 Å². The highest BCUT2D eigenvalue weighted by atomic mass is 16.5. The summed E-state index contributed by atoms with van der Waals surface area (Å²) >= 11 is 0. The van der Waals surface area contributed by atoms with Gasteiger partial charge in [0.1, 0.15) is 11.9 Å². The first kappa shape index (κ1) is 12.5. The number of hydrogen-bond donors (Lipinski definition) is 0. The molecule has 1 unspecified atom stereocenters. The molecule has 0 N–H and O–H groups in total. The van der Waals surface area contributed by atoms with Crippen LogP contribution in [0.15, 0.2) is 12.1 Å². The SMILES string of the molecule is COCC(C)Oc1c(C)cc(C#N)cc1C. The molecule has 3 heteroatoms. The van der Waals surface area contributed by atoms with E-state index in [0.717, 1.165) is 16.9 Å². The van der Waals surface area contributed by atoms with Crippen LogP contribution in [0.3, 0.4) is 0 Å². The highest BCUT2D eigenvalue weighted by Gasteiger charge is 2.10. The third kappa shape index (κ3) is 2.98. The molecule has 0 aliphatic heterocycles. The summed E-state index contributed by atoms with van der Waals surface area (Å²) in [5.74, 6) is 0.851. The summed E-state index contributed by atoms with van der Waals surface area (Å²) in [5.41, 5.74) is 2.64. The van der Waals surface area contributed by atoms with Gasteiger partial charge in [0, 0.05) is 7.11 Å². The average Bonchev–Trinajstić information content (AvgIpc) is 2.23. The van der Waals surface area contributed by atoms with Gasteiger partial charge in [-0.3, -0.25) is 0 Å². The van der Waals surface area contributed by atoms with E-state index in [9.17, 15) is 0 Å². The summed E-state index contributed by atoms with van der Waals surface area (Å²) < 4.78 is 10.8. The number of aryl methyl sites for hydroxylation is 2. The largest absolute Gasteiger partial charge is 0.488 e. The second-order valence-corrected chi connectivity index (χ2v) is 3.93. The molecule has 0 saturated heterocycles. The molecule has 86 valence electrons. The Hall–Kier alpha value is -1.53. The lowest BCUT2D eigenvalue weighted by Gasteiger charge is -2.17. The van der Waals surface area contributed by atoms with Crippen molar-refractivity contribution in [2.45, 2.75) is 26.9 Å². The summed E-state index contributed by atoms with van der Waals surface area (Å²) in [7, 11) is 1.65. The maximum atomic E-state index is 8.83. The predicted molar refractivity (Wildman–Crippen MR) is 62.6 cm³/mol. The van der Waals surface area contributed by atoms with E-state index in [1.807, 2.05) is 32.9 Å². The van der Waals surface area contributed by atoms with Crippen LogP contribution in [0.1, 0.15) is 23.6 Å². The second kappa shape index (κ2) is 5.53. The molecule has 0 saturated carbocycles. The van der Waals surface area contributed by atoms with Gasteiger partial charge < -0.3 is 9.47 Å². The van der Waals surface area contributed by atoms with E-state index < -0.39 is 0 Å². The van der Waals surface area contributed by atoms with E-state index in [4.69, 9.17) is 14.7 Å². The molecule has 0 amide bonds. The molecule has 0 aromatic heterocycles. The molecule has 0 aliphatic carbocycles. The number of hydrogen-bond acceptors (Lipinski definition) is 3. The van der Waals surface area contributed by atoms with Crippen molar-refractivity contribution in [1.82, 2.24) is 0 Å². The maximum Gasteiger partial charge on any atom is 0.125 e. The molecular formula is C13H17NO2. The van der Waals surface area contributed by atoms with Crippen LogP contribution in [0.4, 0.5) is 0 Å². The molecule has 0 heterocycles. The fourth-order valence-electron chi connectivity index (χ4n) is 1.67. The fourth-order valence-corrected chi connectivity index (χ4v) is 1.67. The summed E-state index contributed by atoms with van der Waals surface area (Å²) in [6.07, 6.45) is 0.00957. The lowest BCUT2D eigenvalue weighted by Crippen LogP contribution is -2.19. The Morgan fingerprint density at radius 3 is 2.31 bits per heavy atom. The van der Waals surface area contributed by atoms with Crippen LogP contribution >= 0.6 is 0 Å². The zero-order chi connectivity index (χ0) is 12.1. The Labute approximate surface area is 96.6 Å². The van der Waals surface area contributed by atoms with Crippen LogP contribution in [0.25, 0.3) is 0 Å². The summed E-state index contributed by atoms with van der Waals surface area (Å²) in [6.45, 7) is 6.41. The van der Waals surface area contributed by atoms with Crippen molar-refractivity contribution in [3.8, 4) is 11.8 Å². The van der Waals surface area contributed by atoms with Gasteiger partial charge in [0.05, 0.1) is 18.2 Å². The van der Waals surface area contributed by atoms with Crippen LogP contribution in [0.2, 0.25) is 0 Å². The minimum Gasteiger partial charge on any atom is -0.488 e. The lowest BCUT2D eigenvalue weighted by molar-refractivity contribution is 0.0911. The molecule has 16 heavy (non-hydrogen) atoms. The van der Waals surface area contributed by atoms with E-state index in [1.165, 1.54) is 0 Å². The summed E-state index contributed by atoms with van der Waals surface area (Å²) in [6, 6.07) is 5.80. The van der Waals surface area contributed by atoms with Crippen LogP contribution in [0, 0.1) is 25.2 Å². The first-order chi connectivity index (χ1) is 7.58. The topological polar surface area (TPSA) is 42.2 Å². The number of nitrogens with zero attached hydrogens (tertiary/aromatic N) is 1. The monoisotopic (exact) mass is 219 g/mol. The third-order valence-electron chi connectivity index (χ3n) is 2.31. The van der Waals surface area contributed by atoms with Crippen molar-refractivity contribution >= 4 is 0 Å². The average molecular weight is 219 g/mol. The zero-order valence-electron chi connectivity index (χ0n) is 10.2. The van der Waals surface area contributed by atoms with Crippen molar-refractivity contribution in [2.24, 2.45) is 0 Å². The Morgan fingerprint density at radius 1 is 1.31 bits per heavy atom. The maximum absolute atomic E-state index is 8.83. The highest BCUT2D eigenvalue weighted by Crippen LogP contribution is 2.25. The molecule has 0 aliphatic rings. The van der Waals surface area contributed by atoms with Crippen molar-refractivity contribution in [1.29, 1.82) is 5.26 Å². The van der Waals surface area contributed by atoms with Crippen LogP contribution < -0.4 is 4.74 Å². The lowest BCUT2D eigenvalue weighted by atomic mass is 10.1. The van der Waals surface area contributed by atoms with Crippen molar-refractivity contribution in [3.63, 3.8) is 0 Å². The van der Waals surface area contributed by atoms with E-state index in [1.54, 1.807) is 7.11 Å². The third-order valence-corrected chi connectivity index (χ3v) is 2.31. The number of rotatable bonds is 4. The smallest absolute Gasteiger partial charge is 0.125 e. The normalized spacial score (nSPS) is 11.9. The Morgan fingerprint density at radius 2 is 1.88 bits per heavy atom. The molecule has 1 aromatic carbocycles. The Balaban J connectivity index is 2.93. The van der Waals surface area contributed by atoms with Gasteiger partial charge in [-0.2, -0.15) is 5.26 Å². The van der Waals surface area contributed by atoms with Crippen molar-refractivity contribution in [3.05, 3.63) is 28.8 Å². The first-order valence-corrected chi connectivity index (χ1v) is 5.25. The van der Waals surface area contributed by atoms with Gasteiger partial charge in [-0.15, -0.1) is 0 Å². The highest BCUT2D eigenvalue weighted by molar-refractivity contribution is 5.47. The molecule has 1 rings (SSSR count). The van der Waals surface area contributed by atoms with Gasteiger partial charge >= 0.3 is 0 Å². The second-order valence-electron chi connectivity index (χ2n) is 3.93. The zero-order valence-corrected chi connectivity index (χ0v) is 10.2. The number of nitriles is 1. The minimum atomic E-state index is 0.00957. The van der Waals surface area contributed by atoms with E-state index in [-0.39, 0.29) is 6.10 Å². The number of benzene rings is 1. The molecule has 3 nitrogen and oxygen atoms in total. The van der Waals surface area contributed by atoms with Gasteiger partial charge in [0.25, 0.3) is 0 Å². The fraction of sp³-hybridized carbons (Fsp3) is 0.462. The van der Waals surface area contributed by atoms with E-state index in [2.05, 4.69) is 6.07 Å². The van der Waals surface area contributed by atoms with Crippen LogP contribution in [-0.2, 0) is 4.74 Å². The molecule has 0 bridgehead atoms. The first-order valence-electron chi connectivity index (χ1n) is 5.25. The van der Waals surface area contributed by atoms with Crippen molar-refractivity contribution < 1.29 is 9.47 Å². The molecular weight excluding hydrogens is 202 g/mol. The van der Waals surface area contributed by atoms with Gasteiger partial charge in [0.2, 0.25) is 0 Å². The number of methoxy groups -OCH3 is 1. The molecule has 1 aromatic rings. The van der Waals surface area contributed by atoms with E-state index >= 15 is 0 Å². The van der Waals surface area contributed by atoms with Gasteiger partial charge in [0.15, 0.2) is 0 Å². The molecule has 0 spiro atoms. The quantitative estimate of drug-likeness (QED) is 0.781. The van der Waals surface area contributed by atoms with Crippen LogP contribution in [0.5, 0.6) is 5.75 Å². The van der Waals surface area contributed by atoms with Gasteiger partial charge in [-0.05, 0) is 44.0 Å². The summed E-state index contributed by atoms with van der Waals surface area (Å²) in [4.78, 5) is 0. The van der Waals surface area contributed by atoms with Gasteiger partial charge in [-0.1, -0.05) is 0 Å². The predicted octanol–water partition coefficient (Wildman–Crippen LogP) is 2.59. The van der Waals surface area contributed by atoms with Gasteiger partial charge in [-0.25, -0.2) is 0 Å².